The van der Waals surface area contributed by atoms with Crippen LogP contribution >= 0.6 is 0 Å². The second-order valence-electron chi connectivity index (χ2n) is 10.7. The number of sulfonamides is 1. The molecule has 40 heavy (non-hydrogen) atoms. The maximum Gasteiger partial charge on any atom is 0.263 e. The highest BCUT2D eigenvalue weighted by molar-refractivity contribution is 7.92. The Bertz CT molecular complexity index is 1410. The fourth-order valence-corrected chi connectivity index (χ4v) is 6.65. The molecule has 11 heteroatoms. The van der Waals surface area contributed by atoms with Gasteiger partial charge in [0.1, 0.15) is 29.7 Å². The van der Waals surface area contributed by atoms with E-state index in [1.54, 1.807) is 6.07 Å². The number of Topliss-reactive ketones (excluding diaryl/α,β-unsaturated/α-hetero) is 1. The number of anilines is 1. The van der Waals surface area contributed by atoms with E-state index < -0.39 is 40.0 Å². The molecular formula is C29H34N4O6S. The van der Waals surface area contributed by atoms with E-state index in [0.29, 0.717) is 12.8 Å². The molecule has 0 radical (unpaired) electrons. The van der Waals surface area contributed by atoms with Crippen LogP contribution in [0.1, 0.15) is 68.3 Å². The van der Waals surface area contributed by atoms with Crippen molar-refractivity contribution in [3.63, 3.8) is 0 Å². The highest BCUT2D eigenvalue weighted by Gasteiger charge is 2.40. The Kier molecular flexibility index (Phi) is 8.91. The summed E-state index contributed by atoms with van der Waals surface area (Å²) in [6.45, 7) is 3.94. The van der Waals surface area contributed by atoms with Gasteiger partial charge in [-0.3, -0.25) is 19.1 Å². The maximum atomic E-state index is 13.4. The zero-order valence-corrected chi connectivity index (χ0v) is 23.4. The second-order valence-corrected chi connectivity index (χ2v) is 12.4. The Morgan fingerprint density at radius 3 is 2.45 bits per heavy atom. The molecule has 0 unspecified atom stereocenters. The number of nitriles is 1. The van der Waals surface area contributed by atoms with Crippen LogP contribution in [0, 0.1) is 16.7 Å². The molecule has 212 valence electrons. The molecule has 2 aliphatic rings. The molecule has 0 spiro atoms. The first kappa shape index (κ1) is 29.2. The molecule has 1 aliphatic carbocycles. The van der Waals surface area contributed by atoms with Gasteiger partial charge in [0.05, 0.1) is 11.7 Å². The number of hydrogen-bond acceptors (Lipinski definition) is 7. The number of ketones is 1. The minimum Gasteiger partial charge on any atom is -0.368 e. The molecule has 10 nitrogen and oxygen atoms in total. The van der Waals surface area contributed by atoms with Crippen molar-refractivity contribution in [1.29, 1.82) is 5.26 Å². The van der Waals surface area contributed by atoms with Crippen LogP contribution in [0.2, 0.25) is 0 Å². The molecule has 3 N–H and O–H groups in total. The summed E-state index contributed by atoms with van der Waals surface area (Å²) in [6.07, 6.45) is 4.61. The van der Waals surface area contributed by atoms with Gasteiger partial charge in [0.2, 0.25) is 5.91 Å². The van der Waals surface area contributed by atoms with E-state index >= 15 is 0 Å². The SMILES string of the molecule is CC[C@@H]1OCC(=O)[C@H]1NC(=O)[C@H](CC1(C)CCCC1)NC(=O)c1ccc(NS(=O)(=O)c2ccccc2C#N)cc1. The molecular weight excluding hydrogens is 532 g/mol. The van der Waals surface area contributed by atoms with Gasteiger partial charge in [-0.1, -0.05) is 38.8 Å². The molecule has 1 aliphatic heterocycles. The van der Waals surface area contributed by atoms with Crippen LogP contribution in [0.15, 0.2) is 53.4 Å². The van der Waals surface area contributed by atoms with Crippen molar-refractivity contribution in [1.82, 2.24) is 10.6 Å². The number of carbonyl (C=O) groups excluding carboxylic acids is 3. The Hall–Kier alpha value is -3.75. The number of benzene rings is 2. The summed E-state index contributed by atoms with van der Waals surface area (Å²) in [6, 6.07) is 11.9. The van der Waals surface area contributed by atoms with E-state index in [4.69, 9.17) is 4.74 Å². The van der Waals surface area contributed by atoms with E-state index in [2.05, 4.69) is 22.3 Å². The van der Waals surface area contributed by atoms with Gasteiger partial charge in [0.25, 0.3) is 15.9 Å². The highest BCUT2D eigenvalue weighted by atomic mass is 32.2. The van der Waals surface area contributed by atoms with Crippen LogP contribution < -0.4 is 15.4 Å². The first-order chi connectivity index (χ1) is 19.0. The van der Waals surface area contributed by atoms with Crippen LogP contribution in [0.3, 0.4) is 0 Å². The number of ether oxygens (including phenoxy) is 1. The minimum absolute atomic E-state index is 0.0161. The Balaban J connectivity index is 1.48. The number of nitrogens with one attached hydrogen (secondary N) is 3. The van der Waals surface area contributed by atoms with E-state index in [1.165, 1.54) is 42.5 Å². The van der Waals surface area contributed by atoms with Gasteiger partial charge in [0, 0.05) is 11.3 Å². The fraction of sp³-hybridized carbons (Fsp3) is 0.448. The normalized spacial score (nSPS) is 20.9. The summed E-state index contributed by atoms with van der Waals surface area (Å²) in [5.41, 5.74) is 0.351. The number of rotatable bonds is 10. The Labute approximate surface area is 234 Å². The third kappa shape index (κ3) is 6.69. The molecule has 4 rings (SSSR count). The van der Waals surface area contributed by atoms with Crippen molar-refractivity contribution in [3.8, 4) is 6.07 Å². The molecule has 1 heterocycles. The lowest BCUT2D eigenvalue weighted by molar-refractivity contribution is -0.128. The lowest BCUT2D eigenvalue weighted by Gasteiger charge is -2.30. The number of carbonyl (C=O) groups is 3. The van der Waals surface area contributed by atoms with Crippen molar-refractivity contribution in [2.45, 2.75) is 75.5 Å². The molecule has 0 aromatic heterocycles. The molecule has 2 aromatic carbocycles. The van der Waals surface area contributed by atoms with Crippen molar-refractivity contribution < 1.29 is 27.5 Å². The maximum absolute atomic E-state index is 13.4. The van der Waals surface area contributed by atoms with Gasteiger partial charge in [-0.15, -0.1) is 0 Å². The third-order valence-corrected chi connectivity index (χ3v) is 9.12. The van der Waals surface area contributed by atoms with Gasteiger partial charge in [-0.05, 0) is 67.5 Å². The molecule has 2 fully saturated rings. The van der Waals surface area contributed by atoms with E-state index in [0.717, 1.165) is 25.7 Å². The first-order valence-corrected chi connectivity index (χ1v) is 14.9. The van der Waals surface area contributed by atoms with Gasteiger partial charge in [-0.25, -0.2) is 8.42 Å². The first-order valence-electron chi connectivity index (χ1n) is 13.4. The Morgan fingerprint density at radius 1 is 1.12 bits per heavy atom. The topological polar surface area (TPSA) is 154 Å². The third-order valence-electron chi connectivity index (χ3n) is 7.68. The predicted octanol–water partition coefficient (Wildman–Crippen LogP) is 3.29. The summed E-state index contributed by atoms with van der Waals surface area (Å²) < 4.78 is 33.5. The summed E-state index contributed by atoms with van der Waals surface area (Å²) in [7, 11) is -4.03. The summed E-state index contributed by atoms with van der Waals surface area (Å²) in [5, 5.41) is 14.9. The van der Waals surface area contributed by atoms with Crippen LogP contribution in [-0.2, 0) is 24.3 Å². The number of hydrogen-bond donors (Lipinski definition) is 3. The van der Waals surface area contributed by atoms with Gasteiger partial charge >= 0.3 is 0 Å². The summed E-state index contributed by atoms with van der Waals surface area (Å²) >= 11 is 0. The monoisotopic (exact) mass is 566 g/mol. The van der Waals surface area contributed by atoms with E-state index in [9.17, 15) is 28.1 Å². The van der Waals surface area contributed by atoms with E-state index in [1.807, 2.05) is 13.0 Å². The molecule has 0 bridgehead atoms. The van der Waals surface area contributed by atoms with Crippen molar-refractivity contribution in [3.05, 3.63) is 59.7 Å². The van der Waals surface area contributed by atoms with Crippen molar-refractivity contribution in [2.75, 3.05) is 11.3 Å². The summed E-state index contributed by atoms with van der Waals surface area (Å²) in [4.78, 5) is 38.7. The predicted molar refractivity (Wildman–Crippen MR) is 148 cm³/mol. The Morgan fingerprint density at radius 2 is 1.80 bits per heavy atom. The van der Waals surface area contributed by atoms with Crippen LogP contribution in [0.25, 0.3) is 0 Å². The zero-order valence-electron chi connectivity index (χ0n) is 22.6. The van der Waals surface area contributed by atoms with Gasteiger partial charge in [-0.2, -0.15) is 5.26 Å². The molecule has 1 saturated heterocycles. The molecule has 1 saturated carbocycles. The van der Waals surface area contributed by atoms with Gasteiger partial charge < -0.3 is 15.4 Å². The van der Waals surface area contributed by atoms with Crippen molar-refractivity contribution >= 4 is 33.3 Å². The van der Waals surface area contributed by atoms with E-state index in [-0.39, 0.29) is 39.5 Å². The smallest absolute Gasteiger partial charge is 0.263 e. The number of amides is 2. The molecule has 3 atom stereocenters. The minimum atomic E-state index is -4.03. The fourth-order valence-electron chi connectivity index (χ4n) is 5.43. The van der Waals surface area contributed by atoms with Gasteiger partial charge in [0.15, 0.2) is 5.78 Å². The summed E-state index contributed by atoms with van der Waals surface area (Å²) in [5.74, 6) is -1.11. The molecule has 2 aromatic rings. The van der Waals surface area contributed by atoms with Crippen LogP contribution in [0.4, 0.5) is 5.69 Å². The molecule has 2 amide bonds. The highest BCUT2D eigenvalue weighted by Crippen LogP contribution is 2.41. The van der Waals surface area contributed by atoms with Crippen LogP contribution in [0.5, 0.6) is 0 Å². The van der Waals surface area contributed by atoms with Crippen molar-refractivity contribution in [2.24, 2.45) is 5.41 Å². The lowest BCUT2D eigenvalue weighted by atomic mass is 9.81. The number of nitrogens with zero attached hydrogens (tertiary/aromatic N) is 1. The quantitative estimate of drug-likeness (QED) is 0.399. The average Bonchev–Trinajstić information content (AvgIpc) is 3.53. The largest absolute Gasteiger partial charge is 0.368 e. The zero-order chi connectivity index (χ0) is 28.9. The average molecular weight is 567 g/mol. The lowest BCUT2D eigenvalue weighted by Crippen LogP contribution is -2.54. The second kappa shape index (κ2) is 12.2. The van der Waals surface area contributed by atoms with Crippen LogP contribution in [-0.4, -0.2) is 50.8 Å². The standard InChI is InChI=1S/C29H34N4O6S/c1-3-24-26(23(34)18-39-24)32-28(36)22(16-29(2)14-6-7-15-29)31-27(35)19-10-12-21(13-11-19)33-40(37,38)25-9-5-4-8-20(25)17-30/h4-5,8-13,22,24,26,33H,3,6-7,14-16,18H2,1-2H3,(H,31,35)(H,32,36)/t22-,24-,26+/m0/s1.